The van der Waals surface area contributed by atoms with Crippen molar-refractivity contribution in [2.24, 2.45) is 11.7 Å². The number of rotatable bonds is 7. The van der Waals surface area contributed by atoms with E-state index in [1.54, 1.807) is 0 Å². The van der Waals surface area contributed by atoms with Gasteiger partial charge in [-0.05, 0) is 24.1 Å². The monoisotopic (exact) mass is 558 g/mol. The zero-order chi connectivity index (χ0) is 28.0. The molecule has 1 aromatic carbocycles. The van der Waals surface area contributed by atoms with Gasteiger partial charge in [0.15, 0.2) is 0 Å². The summed E-state index contributed by atoms with van der Waals surface area (Å²) in [4.78, 5) is 18.9. The number of aliphatic carboxylic acids is 1. The molecule has 5 atom stereocenters. The van der Waals surface area contributed by atoms with E-state index in [1.807, 2.05) is 0 Å². The first kappa shape index (κ1) is 31.6. The van der Waals surface area contributed by atoms with Gasteiger partial charge < -0.3 is 30.0 Å². The molecular weight excluding hydrogens is 537 g/mol. The van der Waals surface area contributed by atoms with Crippen molar-refractivity contribution in [3.63, 3.8) is 0 Å². The number of alkyl halides is 6. The fourth-order valence-electron chi connectivity index (χ4n) is 3.06. The number of nitrogens with two attached hydrogens (primary N) is 1. The van der Waals surface area contributed by atoms with E-state index in [0.717, 1.165) is 19.2 Å². The molecule has 1 aliphatic rings. The topological polar surface area (TPSA) is 168 Å². The van der Waals surface area contributed by atoms with Crippen molar-refractivity contribution >= 4 is 22.8 Å². The van der Waals surface area contributed by atoms with Crippen LogP contribution in [0, 0.1) is 21.8 Å². The molecule has 36 heavy (non-hydrogen) atoms. The Bertz CT molecular complexity index is 919. The maximum atomic E-state index is 14.3. The molecule has 0 amide bonds. The number of methoxy groups -OCH3 is 1. The van der Waals surface area contributed by atoms with Gasteiger partial charge in [0, 0.05) is 13.0 Å². The van der Waals surface area contributed by atoms with Gasteiger partial charge >= 0.3 is 24.0 Å². The number of nitro groups is 1. The summed E-state index contributed by atoms with van der Waals surface area (Å²) in [7, 11) is 0.987. The van der Waals surface area contributed by atoms with E-state index in [2.05, 4.69) is 4.74 Å². The van der Waals surface area contributed by atoms with Gasteiger partial charge in [0.2, 0.25) is 17.7 Å². The van der Waals surface area contributed by atoms with Gasteiger partial charge in [0.25, 0.3) is 0 Å². The molecular formula is C18H21F7N2O8S. The Balaban J connectivity index is 0.000000809. The molecule has 2 rings (SSSR count). The lowest BCUT2D eigenvalue weighted by molar-refractivity contribution is -0.389. The van der Waals surface area contributed by atoms with E-state index < -0.39 is 82.4 Å². The lowest BCUT2D eigenvalue weighted by Gasteiger charge is -2.33. The third-order valence-electron chi connectivity index (χ3n) is 4.66. The van der Waals surface area contributed by atoms with Gasteiger partial charge in [0.1, 0.15) is 11.5 Å². The van der Waals surface area contributed by atoms with E-state index >= 15 is 0 Å². The first-order valence-corrected chi connectivity index (χ1v) is 11.1. The number of aliphatic hydroxyl groups excluding tert-OH is 1. The average Bonchev–Trinajstić information content (AvgIpc) is 2.69. The van der Waals surface area contributed by atoms with Gasteiger partial charge in [0.05, 0.1) is 23.7 Å². The van der Waals surface area contributed by atoms with Gasteiger partial charge in [-0.15, -0.1) is 0 Å². The van der Waals surface area contributed by atoms with Crippen molar-refractivity contribution in [3.05, 3.63) is 33.6 Å². The number of hydrogen-bond donors (Lipinski definition) is 3. The van der Waals surface area contributed by atoms with Gasteiger partial charge in [-0.3, -0.25) is 10.1 Å². The minimum absolute atomic E-state index is 0.0385. The van der Waals surface area contributed by atoms with Crippen LogP contribution < -0.4 is 10.5 Å². The number of aliphatic hydroxyl groups is 1. The number of benzene rings is 1. The summed E-state index contributed by atoms with van der Waals surface area (Å²) >= 11 is -1.32. The van der Waals surface area contributed by atoms with Crippen LogP contribution in [0.4, 0.5) is 36.4 Å². The first-order chi connectivity index (χ1) is 16.4. The fourth-order valence-corrected chi connectivity index (χ4v) is 4.62. The molecule has 1 heterocycles. The molecule has 1 saturated heterocycles. The molecule has 4 N–H and O–H groups in total. The minimum atomic E-state index is -5.08. The molecule has 0 saturated carbocycles. The summed E-state index contributed by atoms with van der Waals surface area (Å²) < 4.78 is 106. The number of ether oxygens (including phenoxy) is 2. The highest BCUT2D eigenvalue weighted by molar-refractivity contribution is 7.91. The number of carbonyl (C=O) groups is 1. The quantitative estimate of drug-likeness (QED) is 0.196. The van der Waals surface area contributed by atoms with E-state index in [-0.39, 0.29) is 23.5 Å². The van der Waals surface area contributed by atoms with Crippen molar-refractivity contribution in [1.82, 2.24) is 0 Å². The first-order valence-electron chi connectivity index (χ1n) is 9.66. The smallest absolute Gasteiger partial charge is 0.490 e. The van der Waals surface area contributed by atoms with E-state index in [0.29, 0.717) is 0 Å². The standard InChI is InChI=1S/C16H20F4N2O6S.C2HF3O2/c1-27-5-13(16(18,19)20)28-12-4-8(3-10(17)14(12)22(24)25)2-9-6-29(26)7-11(21)15(9)23;3-2(4,5)1(6)7/h3-4,9,11,13,15,23H,2,5-7,21H2,1H3;(H,6,7)/t9-,11+,13-,15+,29+;/m1./s1. The zero-order valence-corrected chi connectivity index (χ0v) is 19.0. The van der Waals surface area contributed by atoms with Crippen molar-refractivity contribution in [2.75, 3.05) is 25.2 Å². The van der Waals surface area contributed by atoms with Crippen LogP contribution in [-0.4, -0.2) is 81.5 Å². The maximum Gasteiger partial charge on any atom is 0.490 e. The molecule has 1 aromatic rings. The van der Waals surface area contributed by atoms with Gasteiger partial charge in [-0.2, -0.15) is 30.7 Å². The van der Waals surface area contributed by atoms with Crippen LogP contribution in [0.5, 0.6) is 5.75 Å². The van der Waals surface area contributed by atoms with Crippen molar-refractivity contribution in [3.8, 4) is 5.75 Å². The number of nitro benzene ring substituents is 1. The van der Waals surface area contributed by atoms with Crippen molar-refractivity contribution < 1.29 is 64.7 Å². The molecule has 0 unspecified atom stereocenters. The second-order valence-electron chi connectivity index (χ2n) is 7.48. The Labute approximate surface area is 201 Å². The molecule has 0 spiro atoms. The predicted molar refractivity (Wildman–Crippen MR) is 108 cm³/mol. The van der Waals surface area contributed by atoms with Crippen LogP contribution in [0.1, 0.15) is 5.56 Å². The summed E-state index contributed by atoms with van der Waals surface area (Å²) in [5.74, 6) is -5.58. The maximum absolute atomic E-state index is 14.3. The third kappa shape index (κ3) is 9.23. The number of nitrogens with zero attached hydrogens (tertiary/aromatic N) is 1. The van der Waals surface area contributed by atoms with Gasteiger partial charge in [-0.25, -0.2) is 4.79 Å². The van der Waals surface area contributed by atoms with Crippen LogP contribution in [0.3, 0.4) is 0 Å². The Morgan fingerprint density at radius 2 is 1.83 bits per heavy atom. The average molecular weight is 558 g/mol. The minimum Gasteiger partial charge on any atom is -0.616 e. The number of carboxylic acid groups (broad SMARTS) is 1. The Morgan fingerprint density at radius 3 is 2.28 bits per heavy atom. The van der Waals surface area contributed by atoms with E-state index in [4.69, 9.17) is 20.4 Å². The second-order valence-corrected chi connectivity index (χ2v) is 9.03. The summed E-state index contributed by atoms with van der Waals surface area (Å²) in [6.45, 7) is -0.957. The zero-order valence-electron chi connectivity index (χ0n) is 18.2. The van der Waals surface area contributed by atoms with Crippen LogP contribution in [0.25, 0.3) is 0 Å². The second kappa shape index (κ2) is 12.7. The lowest BCUT2D eigenvalue weighted by Crippen LogP contribution is -2.52. The molecule has 206 valence electrons. The van der Waals surface area contributed by atoms with Gasteiger partial charge in [-0.1, -0.05) is 11.2 Å². The molecule has 18 heteroatoms. The Hall–Kier alpha value is -2.41. The highest BCUT2D eigenvalue weighted by Gasteiger charge is 2.44. The number of carboxylic acids is 1. The van der Waals surface area contributed by atoms with Crippen LogP contribution >= 0.6 is 0 Å². The molecule has 0 bridgehead atoms. The van der Waals surface area contributed by atoms with Crippen LogP contribution in [0.2, 0.25) is 0 Å². The highest BCUT2D eigenvalue weighted by atomic mass is 32.2. The predicted octanol–water partition coefficient (Wildman–Crippen LogP) is 1.93. The normalized spacial score (nSPS) is 23.3. The number of hydrogen-bond acceptors (Lipinski definition) is 8. The fraction of sp³-hybridized carbons (Fsp3) is 0.611. The molecule has 1 aliphatic heterocycles. The van der Waals surface area contributed by atoms with Crippen LogP contribution in [0.15, 0.2) is 12.1 Å². The van der Waals surface area contributed by atoms with E-state index in [9.17, 15) is 50.5 Å². The molecule has 0 aromatic heterocycles. The summed E-state index contributed by atoms with van der Waals surface area (Å²) in [5.41, 5.74) is 4.51. The summed E-state index contributed by atoms with van der Waals surface area (Å²) in [5, 5.41) is 28.4. The molecule has 10 nitrogen and oxygen atoms in total. The van der Waals surface area contributed by atoms with Crippen molar-refractivity contribution in [1.29, 1.82) is 0 Å². The SMILES string of the molecule is COC[C@@H](Oc1cc(C[C@@H]2C[S@+]([O-])C[C@H](N)[C@H]2O)cc(F)c1[N+](=O)[O-])C(F)(F)F.O=C(O)C(F)(F)F. The third-order valence-corrected chi connectivity index (χ3v) is 6.22. The Kier molecular flexibility index (Phi) is 11.2. The number of halogens is 7. The molecule has 1 fully saturated rings. The van der Waals surface area contributed by atoms with Crippen molar-refractivity contribution in [2.45, 2.75) is 37.0 Å². The van der Waals surface area contributed by atoms with E-state index in [1.165, 1.54) is 0 Å². The molecule has 0 aliphatic carbocycles. The molecule has 0 radical (unpaired) electrons. The Morgan fingerprint density at radius 1 is 1.28 bits per heavy atom. The summed E-state index contributed by atoms with van der Waals surface area (Å²) in [6.07, 6.45) is -13.7. The lowest BCUT2D eigenvalue weighted by atomic mass is 9.91. The highest BCUT2D eigenvalue weighted by Crippen LogP contribution is 2.36. The summed E-state index contributed by atoms with van der Waals surface area (Å²) in [6, 6.07) is 0.912. The largest absolute Gasteiger partial charge is 0.616 e. The van der Waals surface area contributed by atoms with Crippen LogP contribution in [-0.2, 0) is 27.1 Å².